The lowest BCUT2D eigenvalue weighted by Gasteiger charge is -2.12. The quantitative estimate of drug-likeness (QED) is 0.508. The molecule has 2 rings (SSSR count). The minimum atomic E-state index is -0.0427. The Morgan fingerprint density at radius 3 is 2.68 bits per heavy atom. The highest BCUT2D eigenvalue weighted by molar-refractivity contribution is 7.98. The first kappa shape index (κ1) is 14.1. The van der Waals surface area contributed by atoms with Gasteiger partial charge in [-0.25, -0.2) is 5.43 Å². The van der Waals surface area contributed by atoms with E-state index in [0.29, 0.717) is 6.54 Å². The van der Waals surface area contributed by atoms with E-state index >= 15 is 0 Å². The number of nitrogens with zero attached hydrogens (tertiary/aromatic N) is 2. The molecule has 1 fully saturated rings. The van der Waals surface area contributed by atoms with E-state index in [9.17, 15) is 4.79 Å². The molecule has 0 spiro atoms. The van der Waals surface area contributed by atoms with Crippen LogP contribution in [-0.4, -0.2) is 42.9 Å². The Morgan fingerprint density at radius 2 is 2.05 bits per heavy atom. The van der Waals surface area contributed by atoms with Gasteiger partial charge in [-0.05, 0) is 49.9 Å². The fourth-order valence-electron chi connectivity index (χ4n) is 2.05. The van der Waals surface area contributed by atoms with Crippen LogP contribution in [0.1, 0.15) is 18.4 Å². The van der Waals surface area contributed by atoms with E-state index in [4.69, 9.17) is 0 Å². The summed E-state index contributed by atoms with van der Waals surface area (Å²) in [6.07, 6.45) is 6.10. The minimum absolute atomic E-state index is 0.0427. The molecule has 102 valence electrons. The fourth-order valence-corrected chi connectivity index (χ4v) is 2.46. The summed E-state index contributed by atoms with van der Waals surface area (Å²) in [6, 6.07) is 8.06. The molecule has 19 heavy (non-hydrogen) atoms. The molecule has 1 aromatic carbocycles. The van der Waals surface area contributed by atoms with Crippen LogP contribution in [0.3, 0.4) is 0 Å². The summed E-state index contributed by atoms with van der Waals surface area (Å²) in [5, 5.41) is 3.98. The topological polar surface area (TPSA) is 44.7 Å². The van der Waals surface area contributed by atoms with Crippen LogP contribution in [-0.2, 0) is 4.79 Å². The van der Waals surface area contributed by atoms with E-state index in [1.807, 2.05) is 30.5 Å². The standard InChI is InChI=1S/C14H19N3OS/c1-19-13-6-4-12(5-7-13)10-15-16-14(18)11-17-8-2-3-9-17/h4-7,10H,2-3,8-9,11H2,1H3,(H,16,18)/b15-10+. The summed E-state index contributed by atoms with van der Waals surface area (Å²) in [5.74, 6) is -0.0427. The second kappa shape index (κ2) is 7.31. The molecule has 0 bridgehead atoms. The Bertz CT molecular complexity index is 439. The highest BCUT2D eigenvalue weighted by atomic mass is 32.2. The molecule has 4 nitrogen and oxygen atoms in total. The van der Waals surface area contributed by atoms with Crippen molar-refractivity contribution >= 4 is 23.9 Å². The molecule has 1 aliphatic heterocycles. The SMILES string of the molecule is CSc1ccc(/C=N/NC(=O)CN2CCCC2)cc1. The number of carbonyl (C=O) groups is 1. The summed E-state index contributed by atoms with van der Waals surface area (Å²) < 4.78 is 0. The van der Waals surface area contributed by atoms with Crippen molar-refractivity contribution in [1.82, 2.24) is 10.3 Å². The molecule has 1 N–H and O–H groups in total. The zero-order chi connectivity index (χ0) is 13.5. The third-order valence-corrected chi connectivity index (χ3v) is 3.83. The van der Waals surface area contributed by atoms with E-state index in [1.165, 1.54) is 17.7 Å². The van der Waals surface area contributed by atoms with E-state index < -0.39 is 0 Å². The van der Waals surface area contributed by atoms with E-state index in [2.05, 4.69) is 15.4 Å². The molecular weight excluding hydrogens is 258 g/mol. The third-order valence-electron chi connectivity index (χ3n) is 3.08. The summed E-state index contributed by atoms with van der Waals surface area (Å²) in [7, 11) is 0. The van der Waals surface area contributed by atoms with Crippen molar-refractivity contribution < 1.29 is 4.79 Å². The normalized spacial score (nSPS) is 16.1. The zero-order valence-electron chi connectivity index (χ0n) is 11.1. The summed E-state index contributed by atoms with van der Waals surface area (Å²) in [6.45, 7) is 2.49. The maximum absolute atomic E-state index is 11.6. The second-order valence-electron chi connectivity index (χ2n) is 4.55. The lowest BCUT2D eigenvalue weighted by atomic mass is 10.2. The van der Waals surface area contributed by atoms with Gasteiger partial charge in [-0.2, -0.15) is 5.10 Å². The van der Waals surface area contributed by atoms with Crippen molar-refractivity contribution in [3.05, 3.63) is 29.8 Å². The fraction of sp³-hybridized carbons (Fsp3) is 0.429. The summed E-state index contributed by atoms with van der Waals surface area (Å²) >= 11 is 1.70. The van der Waals surface area contributed by atoms with Crippen molar-refractivity contribution in [2.24, 2.45) is 5.10 Å². The molecule has 1 aromatic rings. The molecule has 1 aliphatic rings. The number of nitrogens with one attached hydrogen (secondary N) is 1. The lowest BCUT2D eigenvalue weighted by molar-refractivity contribution is -0.121. The lowest BCUT2D eigenvalue weighted by Crippen LogP contribution is -2.33. The Balaban J connectivity index is 1.76. The van der Waals surface area contributed by atoms with Crippen LogP contribution in [0.15, 0.2) is 34.3 Å². The maximum Gasteiger partial charge on any atom is 0.254 e. The zero-order valence-corrected chi connectivity index (χ0v) is 11.9. The van der Waals surface area contributed by atoms with Gasteiger partial charge in [-0.3, -0.25) is 9.69 Å². The number of rotatable bonds is 5. The van der Waals surface area contributed by atoms with Gasteiger partial charge in [0, 0.05) is 4.90 Å². The van der Waals surface area contributed by atoms with Crippen LogP contribution in [0.4, 0.5) is 0 Å². The number of hydrogen-bond donors (Lipinski definition) is 1. The molecule has 1 heterocycles. The number of likely N-dealkylation sites (tertiary alicyclic amines) is 1. The summed E-state index contributed by atoms with van der Waals surface area (Å²) in [5.41, 5.74) is 3.56. The van der Waals surface area contributed by atoms with Gasteiger partial charge >= 0.3 is 0 Å². The number of thioether (sulfide) groups is 1. The Kier molecular flexibility index (Phi) is 5.42. The number of hydrogen-bond acceptors (Lipinski definition) is 4. The van der Waals surface area contributed by atoms with Crippen molar-refractivity contribution in [2.45, 2.75) is 17.7 Å². The van der Waals surface area contributed by atoms with Gasteiger partial charge in [0.2, 0.25) is 0 Å². The largest absolute Gasteiger partial charge is 0.294 e. The van der Waals surface area contributed by atoms with Crippen molar-refractivity contribution in [2.75, 3.05) is 25.9 Å². The molecule has 0 aromatic heterocycles. The summed E-state index contributed by atoms with van der Waals surface area (Å²) in [4.78, 5) is 15.0. The Labute approximate surface area is 118 Å². The van der Waals surface area contributed by atoms with Gasteiger partial charge in [0.1, 0.15) is 0 Å². The van der Waals surface area contributed by atoms with Gasteiger partial charge in [0.25, 0.3) is 5.91 Å². The Hall–Kier alpha value is -1.33. The van der Waals surface area contributed by atoms with Gasteiger partial charge in [-0.1, -0.05) is 12.1 Å². The van der Waals surface area contributed by atoms with Crippen LogP contribution in [0.5, 0.6) is 0 Å². The van der Waals surface area contributed by atoms with Gasteiger partial charge in [0.15, 0.2) is 0 Å². The van der Waals surface area contributed by atoms with Crippen LogP contribution < -0.4 is 5.43 Å². The highest BCUT2D eigenvalue weighted by Crippen LogP contribution is 2.13. The van der Waals surface area contributed by atoms with Gasteiger partial charge in [0.05, 0.1) is 12.8 Å². The third kappa shape index (κ3) is 4.69. The predicted octanol–water partition coefficient (Wildman–Crippen LogP) is 1.95. The Morgan fingerprint density at radius 1 is 1.37 bits per heavy atom. The first-order chi connectivity index (χ1) is 9.28. The van der Waals surface area contributed by atoms with Crippen molar-refractivity contribution in [1.29, 1.82) is 0 Å². The van der Waals surface area contributed by atoms with Gasteiger partial charge < -0.3 is 0 Å². The van der Waals surface area contributed by atoms with Crippen molar-refractivity contribution in [3.63, 3.8) is 0 Å². The average Bonchev–Trinajstić information content (AvgIpc) is 2.92. The molecule has 1 amide bonds. The number of hydrazone groups is 1. The minimum Gasteiger partial charge on any atom is -0.294 e. The van der Waals surface area contributed by atoms with Crippen LogP contribution in [0.25, 0.3) is 0 Å². The maximum atomic E-state index is 11.6. The smallest absolute Gasteiger partial charge is 0.254 e. The first-order valence-electron chi connectivity index (χ1n) is 6.46. The molecule has 0 atom stereocenters. The van der Waals surface area contributed by atoms with Crippen molar-refractivity contribution in [3.8, 4) is 0 Å². The molecule has 0 aliphatic carbocycles. The van der Waals surface area contributed by atoms with Crippen LogP contribution in [0, 0.1) is 0 Å². The molecule has 0 saturated carbocycles. The monoisotopic (exact) mass is 277 g/mol. The second-order valence-corrected chi connectivity index (χ2v) is 5.43. The van der Waals surface area contributed by atoms with E-state index in [-0.39, 0.29) is 5.91 Å². The first-order valence-corrected chi connectivity index (χ1v) is 7.69. The van der Waals surface area contributed by atoms with E-state index in [0.717, 1.165) is 18.7 Å². The number of amides is 1. The van der Waals surface area contributed by atoms with Crippen LogP contribution >= 0.6 is 11.8 Å². The molecule has 0 radical (unpaired) electrons. The molecule has 0 unspecified atom stereocenters. The predicted molar refractivity (Wildman–Crippen MR) is 79.6 cm³/mol. The number of benzene rings is 1. The molecule has 5 heteroatoms. The molecular formula is C14H19N3OS. The van der Waals surface area contributed by atoms with Crippen LogP contribution in [0.2, 0.25) is 0 Å². The number of carbonyl (C=O) groups excluding carboxylic acids is 1. The van der Waals surface area contributed by atoms with Gasteiger partial charge in [-0.15, -0.1) is 11.8 Å². The average molecular weight is 277 g/mol. The highest BCUT2D eigenvalue weighted by Gasteiger charge is 2.14. The van der Waals surface area contributed by atoms with E-state index in [1.54, 1.807) is 18.0 Å². The molecule has 1 saturated heterocycles.